The molecular formula is C18H21F3N4O3. The van der Waals surface area contributed by atoms with E-state index < -0.39 is 29.9 Å². The van der Waals surface area contributed by atoms with Crippen LogP contribution in [0.15, 0.2) is 36.7 Å². The topological polar surface area (TPSA) is 81.8 Å². The first-order valence-corrected chi connectivity index (χ1v) is 8.71. The van der Waals surface area contributed by atoms with E-state index in [1.54, 1.807) is 24.3 Å². The molecule has 2 aromatic rings. The Bertz CT molecular complexity index is 847. The molecule has 1 atom stereocenters. The zero-order chi connectivity index (χ0) is 20.5. The number of rotatable bonds is 4. The van der Waals surface area contributed by atoms with Gasteiger partial charge in [0.25, 0.3) is 0 Å². The van der Waals surface area contributed by atoms with Crippen LogP contribution in [0.25, 0.3) is 0 Å². The molecule has 10 heteroatoms. The van der Waals surface area contributed by atoms with Crippen molar-refractivity contribution in [2.75, 3.05) is 31.1 Å². The lowest BCUT2D eigenvalue weighted by Crippen LogP contribution is -2.53. The van der Waals surface area contributed by atoms with Gasteiger partial charge in [0.05, 0.1) is 12.1 Å². The number of aryl methyl sites for hydroxylation is 1. The Kier molecular flexibility index (Phi) is 5.24. The SMILES string of the molecule is Cn1ccnc1C(O)(CC(=O)N1CCN(c2ccccc2O)CC1)C(F)(F)F. The predicted octanol–water partition coefficient (Wildman–Crippen LogP) is 1.61. The fraction of sp³-hybridized carbons (Fsp3) is 0.444. The minimum Gasteiger partial charge on any atom is -0.506 e. The molecule has 0 aliphatic carbocycles. The maximum Gasteiger partial charge on any atom is 0.425 e. The van der Waals surface area contributed by atoms with Gasteiger partial charge in [0.15, 0.2) is 5.82 Å². The van der Waals surface area contributed by atoms with E-state index in [0.29, 0.717) is 18.8 Å². The number of aromatic hydroxyl groups is 1. The molecule has 0 bridgehead atoms. The first-order chi connectivity index (χ1) is 13.1. The standard InChI is InChI=1S/C18H21F3N4O3/c1-23-7-6-22-16(23)17(28,18(19,20)21)12-15(27)25-10-8-24(9-11-25)13-4-2-3-5-14(13)26/h2-7,26,28H,8-12H2,1H3. The van der Waals surface area contributed by atoms with Crippen molar-refractivity contribution in [3.63, 3.8) is 0 Å². The number of para-hydroxylation sites is 2. The molecule has 152 valence electrons. The highest BCUT2D eigenvalue weighted by Gasteiger charge is 2.59. The van der Waals surface area contributed by atoms with Crippen LogP contribution in [0.3, 0.4) is 0 Å². The average molecular weight is 398 g/mol. The number of hydrogen-bond donors (Lipinski definition) is 2. The Hall–Kier alpha value is -2.75. The number of benzene rings is 1. The summed E-state index contributed by atoms with van der Waals surface area (Å²) in [5.74, 6) is -1.33. The fourth-order valence-electron chi connectivity index (χ4n) is 3.33. The smallest absolute Gasteiger partial charge is 0.425 e. The molecule has 2 heterocycles. The minimum atomic E-state index is -5.06. The van der Waals surface area contributed by atoms with Crippen LogP contribution < -0.4 is 4.90 Å². The zero-order valence-electron chi connectivity index (χ0n) is 15.2. The van der Waals surface area contributed by atoms with Crippen molar-refractivity contribution in [2.24, 2.45) is 7.05 Å². The van der Waals surface area contributed by atoms with E-state index in [9.17, 15) is 28.2 Å². The average Bonchev–Trinajstić information content (AvgIpc) is 3.08. The highest BCUT2D eigenvalue weighted by Crippen LogP contribution is 2.41. The summed E-state index contributed by atoms with van der Waals surface area (Å²) < 4.78 is 41.8. The van der Waals surface area contributed by atoms with Gasteiger partial charge in [0.2, 0.25) is 11.5 Å². The molecule has 1 aromatic carbocycles. The molecule has 28 heavy (non-hydrogen) atoms. The monoisotopic (exact) mass is 398 g/mol. The van der Waals surface area contributed by atoms with Crippen LogP contribution in [0.2, 0.25) is 0 Å². The minimum absolute atomic E-state index is 0.100. The second-order valence-corrected chi connectivity index (χ2v) is 6.75. The van der Waals surface area contributed by atoms with Gasteiger partial charge in [0, 0.05) is 45.6 Å². The van der Waals surface area contributed by atoms with Gasteiger partial charge in [-0.15, -0.1) is 0 Å². The third-order valence-corrected chi connectivity index (χ3v) is 4.92. The van der Waals surface area contributed by atoms with Crippen molar-refractivity contribution in [2.45, 2.75) is 18.2 Å². The number of anilines is 1. The molecule has 1 fully saturated rings. The van der Waals surface area contributed by atoms with E-state index in [0.717, 1.165) is 10.8 Å². The summed E-state index contributed by atoms with van der Waals surface area (Å²) >= 11 is 0. The molecule has 7 nitrogen and oxygen atoms in total. The number of piperazine rings is 1. The molecule has 1 amide bonds. The number of amides is 1. The summed E-state index contributed by atoms with van der Waals surface area (Å²) in [4.78, 5) is 19.3. The number of carbonyl (C=O) groups is 1. The summed E-state index contributed by atoms with van der Waals surface area (Å²) in [6.07, 6.45) is -3.78. The number of hydrogen-bond acceptors (Lipinski definition) is 5. The van der Waals surface area contributed by atoms with E-state index >= 15 is 0 Å². The number of carbonyl (C=O) groups excluding carboxylic acids is 1. The van der Waals surface area contributed by atoms with Crippen LogP contribution in [0.4, 0.5) is 18.9 Å². The van der Waals surface area contributed by atoms with E-state index in [1.807, 2.05) is 4.90 Å². The largest absolute Gasteiger partial charge is 0.506 e. The maximum absolute atomic E-state index is 13.6. The van der Waals surface area contributed by atoms with E-state index in [1.165, 1.54) is 18.1 Å². The van der Waals surface area contributed by atoms with E-state index in [2.05, 4.69) is 4.98 Å². The zero-order valence-corrected chi connectivity index (χ0v) is 15.2. The van der Waals surface area contributed by atoms with Crippen molar-refractivity contribution in [1.82, 2.24) is 14.5 Å². The Morgan fingerprint density at radius 3 is 2.36 bits per heavy atom. The van der Waals surface area contributed by atoms with Gasteiger partial charge in [-0.3, -0.25) is 4.79 Å². The Balaban J connectivity index is 1.71. The van der Waals surface area contributed by atoms with Crippen molar-refractivity contribution in [3.05, 3.63) is 42.5 Å². The molecule has 3 rings (SSSR count). The lowest BCUT2D eigenvalue weighted by molar-refractivity contribution is -0.272. The van der Waals surface area contributed by atoms with Gasteiger partial charge in [-0.1, -0.05) is 12.1 Å². The lowest BCUT2D eigenvalue weighted by Gasteiger charge is -2.38. The predicted molar refractivity (Wildman–Crippen MR) is 94.7 cm³/mol. The highest BCUT2D eigenvalue weighted by atomic mass is 19.4. The van der Waals surface area contributed by atoms with E-state index in [4.69, 9.17) is 0 Å². The second kappa shape index (κ2) is 7.34. The normalized spacial score (nSPS) is 17.5. The molecule has 1 aliphatic heterocycles. The molecular weight excluding hydrogens is 377 g/mol. The Labute approximate surface area is 159 Å². The fourth-order valence-corrected chi connectivity index (χ4v) is 3.33. The van der Waals surface area contributed by atoms with Gasteiger partial charge in [0.1, 0.15) is 5.75 Å². The molecule has 1 aliphatic rings. The van der Waals surface area contributed by atoms with Gasteiger partial charge < -0.3 is 24.6 Å². The summed E-state index contributed by atoms with van der Waals surface area (Å²) in [6, 6.07) is 6.73. The summed E-state index contributed by atoms with van der Waals surface area (Å²) in [5.41, 5.74) is -2.76. The summed E-state index contributed by atoms with van der Waals surface area (Å²) in [7, 11) is 1.33. The number of aromatic nitrogens is 2. The Morgan fingerprint density at radius 1 is 1.18 bits per heavy atom. The highest BCUT2D eigenvalue weighted by molar-refractivity contribution is 5.78. The van der Waals surface area contributed by atoms with Gasteiger partial charge in [-0.2, -0.15) is 13.2 Å². The van der Waals surface area contributed by atoms with E-state index in [-0.39, 0.29) is 18.8 Å². The number of aliphatic hydroxyl groups is 1. The van der Waals surface area contributed by atoms with Crippen LogP contribution >= 0.6 is 0 Å². The number of nitrogens with zero attached hydrogens (tertiary/aromatic N) is 4. The number of alkyl halides is 3. The van der Waals surface area contributed by atoms with Crippen LogP contribution in [-0.4, -0.2) is 62.9 Å². The molecule has 1 unspecified atom stereocenters. The molecule has 0 saturated carbocycles. The number of phenolic OH excluding ortho intramolecular Hbond substituents is 1. The number of halogens is 3. The number of imidazole rings is 1. The van der Waals surface area contributed by atoms with Crippen LogP contribution in [0, 0.1) is 0 Å². The maximum atomic E-state index is 13.6. The van der Waals surface area contributed by atoms with Gasteiger partial charge in [-0.25, -0.2) is 4.98 Å². The summed E-state index contributed by atoms with van der Waals surface area (Å²) in [5, 5.41) is 20.3. The van der Waals surface area contributed by atoms with Crippen LogP contribution in [0.5, 0.6) is 5.75 Å². The van der Waals surface area contributed by atoms with Gasteiger partial charge >= 0.3 is 6.18 Å². The summed E-state index contributed by atoms with van der Waals surface area (Å²) in [6.45, 7) is 1.08. The van der Waals surface area contributed by atoms with Gasteiger partial charge in [-0.05, 0) is 12.1 Å². The third-order valence-electron chi connectivity index (χ3n) is 4.92. The molecule has 2 N–H and O–H groups in total. The molecule has 0 spiro atoms. The Morgan fingerprint density at radius 2 is 1.82 bits per heavy atom. The first-order valence-electron chi connectivity index (χ1n) is 8.71. The third kappa shape index (κ3) is 3.64. The second-order valence-electron chi connectivity index (χ2n) is 6.75. The van der Waals surface area contributed by atoms with Crippen molar-refractivity contribution < 1.29 is 28.2 Å². The molecule has 1 saturated heterocycles. The number of phenols is 1. The lowest BCUT2D eigenvalue weighted by atomic mass is 9.96. The quantitative estimate of drug-likeness (QED) is 0.818. The van der Waals surface area contributed by atoms with Crippen LogP contribution in [-0.2, 0) is 17.4 Å². The van der Waals surface area contributed by atoms with Crippen molar-refractivity contribution >= 4 is 11.6 Å². The molecule has 0 radical (unpaired) electrons. The van der Waals surface area contributed by atoms with Crippen LogP contribution in [0.1, 0.15) is 12.2 Å². The van der Waals surface area contributed by atoms with Crippen molar-refractivity contribution in [3.8, 4) is 5.75 Å². The first kappa shape index (κ1) is 20.0. The molecule has 1 aromatic heterocycles. The van der Waals surface area contributed by atoms with Crippen molar-refractivity contribution in [1.29, 1.82) is 0 Å².